The summed E-state index contributed by atoms with van der Waals surface area (Å²) in [6.07, 6.45) is 1.93. The minimum absolute atomic E-state index is 0.127. The molecule has 1 aliphatic rings. The molecule has 1 aromatic carbocycles. The Bertz CT molecular complexity index is 338. The monoisotopic (exact) mass is 254 g/mol. The zero-order chi connectivity index (χ0) is 9.97. The lowest BCUT2D eigenvalue weighted by molar-refractivity contribution is -0.134. The Morgan fingerprint density at radius 2 is 2.21 bits per heavy atom. The van der Waals surface area contributed by atoms with E-state index >= 15 is 0 Å². The fourth-order valence-corrected chi connectivity index (χ4v) is 2.54. The van der Waals surface area contributed by atoms with Crippen LogP contribution in [0.3, 0.4) is 0 Å². The van der Waals surface area contributed by atoms with Crippen molar-refractivity contribution in [2.75, 3.05) is 0 Å². The van der Waals surface area contributed by atoms with E-state index in [0.717, 1.165) is 18.4 Å². The van der Waals surface area contributed by atoms with Crippen molar-refractivity contribution >= 4 is 22.4 Å². The van der Waals surface area contributed by atoms with E-state index in [0.29, 0.717) is 6.47 Å². The Hall–Kier alpha value is -0.830. The summed E-state index contributed by atoms with van der Waals surface area (Å²) in [4.78, 5) is 10.6. The number of fused-ring (bicyclic) bond motifs is 1. The lowest BCUT2D eigenvalue weighted by Crippen LogP contribution is -2.22. The molecule has 14 heavy (non-hydrogen) atoms. The minimum Gasteiger partial charge on any atom is -0.458 e. The highest BCUT2D eigenvalue weighted by atomic mass is 79.9. The smallest absolute Gasteiger partial charge is 0.293 e. The van der Waals surface area contributed by atoms with Gasteiger partial charge in [0.2, 0.25) is 0 Å². The minimum atomic E-state index is -0.127. The molecule has 3 heteroatoms. The molecule has 0 aromatic heterocycles. The van der Waals surface area contributed by atoms with Crippen molar-refractivity contribution in [2.24, 2.45) is 0 Å². The summed E-state index contributed by atoms with van der Waals surface area (Å²) >= 11 is 3.54. The fourth-order valence-electron chi connectivity index (χ4n) is 1.90. The molecular weight excluding hydrogens is 244 g/mol. The first-order valence-corrected chi connectivity index (χ1v) is 5.55. The average molecular weight is 255 g/mol. The number of carbonyl (C=O) groups excluding carboxylic acids is 1. The van der Waals surface area contributed by atoms with Crippen molar-refractivity contribution in [1.29, 1.82) is 0 Å². The summed E-state index contributed by atoms with van der Waals surface area (Å²) in [5.74, 6) is 0. The third kappa shape index (κ3) is 1.69. The standard InChI is InChI=1S/C11H11BrO2/c12-10-6-5-8-3-1-2-4-9(8)11(10)14-7-13/h1-4,7,10-11H,5-6H2. The van der Waals surface area contributed by atoms with Gasteiger partial charge in [0.1, 0.15) is 6.10 Å². The first kappa shape index (κ1) is 9.71. The zero-order valence-corrected chi connectivity index (χ0v) is 9.24. The van der Waals surface area contributed by atoms with E-state index in [1.807, 2.05) is 18.2 Å². The topological polar surface area (TPSA) is 26.3 Å². The quantitative estimate of drug-likeness (QED) is 0.599. The van der Waals surface area contributed by atoms with Crippen LogP contribution in [0.15, 0.2) is 24.3 Å². The molecule has 1 aliphatic carbocycles. The Labute approximate surface area is 91.4 Å². The molecule has 2 atom stereocenters. The second-order valence-corrected chi connectivity index (χ2v) is 4.58. The summed E-state index contributed by atoms with van der Waals surface area (Å²) in [5.41, 5.74) is 2.42. The van der Waals surface area contributed by atoms with Crippen LogP contribution in [0, 0.1) is 0 Å². The first-order valence-electron chi connectivity index (χ1n) is 4.64. The maximum Gasteiger partial charge on any atom is 0.293 e. The number of hydrogen-bond donors (Lipinski definition) is 0. The van der Waals surface area contributed by atoms with Gasteiger partial charge in [0.05, 0.1) is 4.83 Å². The fraction of sp³-hybridized carbons (Fsp3) is 0.364. The maximum atomic E-state index is 10.4. The van der Waals surface area contributed by atoms with Gasteiger partial charge in [-0.3, -0.25) is 4.79 Å². The lowest BCUT2D eigenvalue weighted by atomic mass is 9.89. The van der Waals surface area contributed by atoms with Gasteiger partial charge in [-0.05, 0) is 24.0 Å². The second-order valence-electron chi connectivity index (χ2n) is 3.41. The third-order valence-electron chi connectivity index (χ3n) is 2.58. The average Bonchev–Trinajstić information content (AvgIpc) is 2.23. The molecule has 0 radical (unpaired) electrons. The van der Waals surface area contributed by atoms with Gasteiger partial charge >= 0.3 is 0 Å². The van der Waals surface area contributed by atoms with E-state index in [1.54, 1.807) is 0 Å². The Balaban J connectivity index is 2.35. The number of benzene rings is 1. The molecule has 0 bridgehead atoms. The predicted octanol–water partition coefficient (Wildman–Crippen LogP) is 2.61. The molecular formula is C11H11BrO2. The largest absolute Gasteiger partial charge is 0.458 e. The van der Waals surface area contributed by atoms with Crippen LogP contribution in [-0.4, -0.2) is 11.3 Å². The van der Waals surface area contributed by atoms with Crippen LogP contribution in [0.25, 0.3) is 0 Å². The normalized spacial score (nSPS) is 25.2. The molecule has 0 saturated carbocycles. The van der Waals surface area contributed by atoms with E-state index < -0.39 is 0 Å². The molecule has 0 heterocycles. The molecule has 1 aromatic rings. The van der Waals surface area contributed by atoms with E-state index in [9.17, 15) is 4.79 Å². The lowest BCUT2D eigenvalue weighted by Gasteiger charge is -2.28. The van der Waals surface area contributed by atoms with E-state index in [1.165, 1.54) is 5.56 Å². The number of rotatable bonds is 2. The molecule has 0 N–H and O–H groups in total. The van der Waals surface area contributed by atoms with Crippen LogP contribution < -0.4 is 0 Å². The zero-order valence-electron chi connectivity index (χ0n) is 7.65. The van der Waals surface area contributed by atoms with Crippen LogP contribution in [-0.2, 0) is 16.0 Å². The molecule has 0 fully saturated rings. The predicted molar refractivity (Wildman–Crippen MR) is 57.4 cm³/mol. The van der Waals surface area contributed by atoms with E-state index in [2.05, 4.69) is 22.0 Å². The summed E-state index contributed by atoms with van der Waals surface area (Å²) in [6, 6.07) is 8.11. The first-order chi connectivity index (χ1) is 6.83. The Morgan fingerprint density at radius 3 is 3.00 bits per heavy atom. The van der Waals surface area contributed by atoms with Crippen molar-refractivity contribution in [1.82, 2.24) is 0 Å². The highest BCUT2D eigenvalue weighted by Gasteiger charge is 2.28. The molecule has 2 nitrogen and oxygen atoms in total. The third-order valence-corrected chi connectivity index (χ3v) is 3.52. The van der Waals surface area contributed by atoms with Gasteiger partial charge in [-0.2, -0.15) is 0 Å². The van der Waals surface area contributed by atoms with Crippen molar-refractivity contribution in [2.45, 2.75) is 23.8 Å². The van der Waals surface area contributed by atoms with Crippen LogP contribution >= 0.6 is 15.9 Å². The van der Waals surface area contributed by atoms with Gasteiger partial charge < -0.3 is 4.74 Å². The number of alkyl halides is 1. The van der Waals surface area contributed by atoms with Crippen molar-refractivity contribution in [3.05, 3.63) is 35.4 Å². The molecule has 2 unspecified atom stereocenters. The van der Waals surface area contributed by atoms with Crippen molar-refractivity contribution in [3.63, 3.8) is 0 Å². The summed E-state index contributed by atoms with van der Waals surface area (Å²) in [7, 11) is 0. The van der Waals surface area contributed by atoms with Crippen molar-refractivity contribution in [3.8, 4) is 0 Å². The summed E-state index contributed by atoms with van der Waals surface area (Å²) in [6.45, 7) is 0.529. The van der Waals surface area contributed by atoms with Crippen LogP contribution in [0.4, 0.5) is 0 Å². The molecule has 74 valence electrons. The SMILES string of the molecule is O=COC1c2ccccc2CCC1Br. The summed E-state index contributed by atoms with van der Waals surface area (Å²) < 4.78 is 5.09. The van der Waals surface area contributed by atoms with Crippen LogP contribution in [0.2, 0.25) is 0 Å². The number of hydrogen-bond acceptors (Lipinski definition) is 2. The summed E-state index contributed by atoms with van der Waals surface area (Å²) in [5, 5.41) is 0. The highest BCUT2D eigenvalue weighted by Crippen LogP contribution is 2.36. The number of carbonyl (C=O) groups is 1. The molecule has 0 spiro atoms. The van der Waals surface area contributed by atoms with Crippen LogP contribution in [0.1, 0.15) is 23.7 Å². The molecule has 0 aliphatic heterocycles. The Kier molecular flexibility index (Phi) is 2.87. The molecule has 0 saturated heterocycles. The number of ether oxygens (including phenoxy) is 1. The van der Waals surface area contributed by atoms with Crippen molar-refractivity contribution < 1.29 is 9.53 Å². The highest BCUT2D eigenvalue weighted by molar-refractivity contribution is 9.09. The van der Waals surface area contributed by atoms with Gasteiger partial charge in [-0.25, -0.2) is 0 Å². The molecule has 0 amide bonds. The Morgan fingerprint density at radius 1 is 1.43 bits per heavy atom. The van der Waals surface area contributed by atoms with Crippen LogP contribution in [0.5, 0.6) is 0 Å². The van der Waals surface area contributed by atoms with E-state index in [4.69, 9.17) is 4.74 Å². The van der Waals surface area contributed by atoms with Gasteiger partial charge in [0, 0.05) is 0 Å². The molecule has 2 rings (SSSR count). The van der Waals surface area contributed by atoms with Gasteiger partial charge in [-0.1, -0.05) is 40.2 Å². The number of halogens is 1. The van der Waals surface area contributed by atoms with Gasteiger partial charge in [-0.15, -0.1) is 0 Å². The van der Waals surface area contributed by atoms with E-state index in [-0.39, 0.29) is 10.9 Å². The maximum absolute atomic E-state index is 10.4. The second kappa shape index (κ2) is 4.13. The van der Waals surface area contributed by atoms with Gasteiger partial charge in [0.25, 0.3) is 6.47 Å². The number of aryl methyl sites for hydroxylation is 1. The van der Waals surface area contributed by atoms with Gasteiger partial charge in [0.15, 0.2) is 0 Å².